The molecule has 1 aliphatic rings. The fourth-order valence-electron chi connectivity index (χ4n) is 2.77. The molecule has 1 aromatic rings. The summed E-state index contributed by atoms with van der Waals surface area (Å²) < 4.78 is 0. The molecule has 0 amide bonds. The zero-order chi connectivity index (χ0) is 13.0. The maximum absolute atomic E-state index is 10.9. The lowest BCUT2D eigenvalue weighted by Crippen LogP contribution is -2.29. The smallest absolute Gasteiger partial charge is 0.306 e. The number of carboxylic acids is 1. The molecule has 0 aliphatic heterocycles. The van der Waals surface area contributed by atoms with Crippen LogP contribution in [-0.4, -0.2) is 29.6 Å². The second kappa shape index (κ2) is 6.34. The highest BCUT2D eigenvalue weighted by atomic mass is 32.1. The number of carboxylic acid groups (broad SMARTS) is 1. The lowest BCUT2D eigenvalue weighted by atomic mass is 9.82. The van der Waals surface area contributed by atoms with Gasteiger partial charge < -0.3 is 10.0 Å². The minimum Gasteiger partial charge on any atom is -0.481 e. The molecule has 4 heteroatoms. The van der Waals surface area contributed by atoms with Crippen LogP contribution in [0.5, 0.6) is 0 Å². The predicted molar refractivity (Wildman–Crippen MR) is 73.7 cm³/mol. The lowest BCUT2D eigenvalue weighted by Gasteiger charge is -2.29. The number of aliphatic carboxylic acids is 1. The molecule has 1 aromatic heterocycles. The third kappa shape index (κ3) is 3.82. The molecular formula is C14H21NO2S. The summed E-state index contributed by atoms with van der Waals surface area (Å²) in [5.74, 6) is -0.0326. The van der Waals surface area contributed by atoms with Gasteiger partial charge in [-0.25, -0.2) is 0 Å². The molecule has 0 atom stereocenters. The summed E-state index contributed by atoms with van der Waals surface area (Å²) >= 11 is 1.80. The largest absolute Gasteiger partial charge is 0.481 e. The van der Waals surface area contributed by atoms with Gasteiger partial charge in [0.2, 0.25) is 0 Å². The SMILES string of the molecule is CN(Cc1cccs1)CC1CCC(C(=O)O)CC1. The van der Waals surface area contributed by atoms with Crippen LogP contribution in [0.2, 0.25) is 0 Å². The van der Waals surface area contributed by atoms with E-state index in [1.54, 1.807) is 11.3 Å². The first kappa shape index (κ1) is 13.6. The van der Waals surface area contributed by atoms with Crippen molar-refractivity contribution < 1.29 is 9.90 Å². The Labute approximate surface area is 112 Å². The molecule has 0 aromatic carbocycles. The molecule has 1 aliphatic carbocycles. The molecule has 0 bridgehead atoms. The van der Waals surface area contributed by atoms with Crippen LogP contribution in [0.15, 0.2) is 17.5 Å². The summed E-state index contributed by atoms with van der Waals surface area (Å²) in [4.78, 5) is 14.6. The van der Waals surface area contributed by atoms with Crippen LogP contribution in [0, 0.1) is 11.8 Å². The highest BCUT2D eigenvalue weighted by Crippen LogP contribution is 2.29. The molecule has 100 valence electrons. The maximum atomic E-state index is 10.9. The molecule has 0 unspecified atom stereocenters. The first-order chi connectivity index (χ1) is 8.65. The van der Waals surface area contributed by atoms with Gasteiger partial charge in [0.05, 0.1) is 5.92 Å². The Morgan fingerprint density at radius 1 is 1.44 bits per heavy atom. The van der Waals surface area contributed by atoms with Crippen LogP contribution in [0.4, 0.5) is 0 Å². The van der Waals surface area contributed by atoms with Crippen molar-refractivity contribution in [3.8, 4) is 0 Å². The van der Waals surface area contributed by atoms with E-state index in [4.69, 9.17) is 5.11 Å². The van der Waals surface area contributed by atoms with Crippen molar-refractivity contribution >= 4 is 17.3 Å². The molecular weight excluding hydrogens is 246 g/mol. The van der Waals surface area contributed by atoms with Gasteiger partial charge >= 0.3 is 5.97 Å². The second-order valence-corrected chi connectivity index (χ2v) is 6.36. The van der Waals surface area contributed by atoms with Gasteiger partial charge in [-0.3, -0.25) is 4.79 Å². The van der Waals surface area contributed by atoms with Crippen molar-refractivity contribution in [3.63, 3.8) is 0 Å². The molecule has 3 nitrogen and oxygen atoms in total. The minimum atomic E-state index is -0.611. The number of carbonyl (C=O) groups is 1. The molecule has 1 fully saturated rings. The second-order valence-electron chi connectivity index (χ2n) is 5.33. The molecule has 1 N–H and O–H groups in total. The standard InChI is InChI=1S/C14H21NO2S/c1-15(10-13-3-2-8-18-13)9-11-4-6-12(7-5-11)14(16)17/h2-3,8,11-12H,4-7,9-10H2,1H3,(H,16,17). The van der Waals surface area contributed by atoms with Crippen LogP contribution in [0.1, 0.15) is 30.6 Å². The zero-order valence-corrected chi connectivity index (χ0v) is 11.7. The van der Waals surface area contributed by atoms with E-state index < -0.39 is 5.97 Å². The molecule has 0 saturated heterocycles. The van der Waals surface area contributed by atoms with Gasteiger partial charge in [-0.1, -0.05) is 6.07 Å². The Hall–Kier alpha value is -0.870. The number of hydrogen-bond acceptors (Lipinski definition) is 3. The van der Waals surface area contributed by atoms with Crippen LogP contribution >= 0.6 is 11.3 Å². The van der Waals surface area contributed by atoms with Gasteiger partial charge in [0.15, 0.2) is 0 Å². The highest BCUT2D eigenvalue weighted by molar-refractivity contribution is 7.09. The number of rotatable bonds is 5. The Morgan fingerprint density at radius 2 is 2.17 bits per heavy atom. The van der Waals surface area contributed by atoms with Gasteiger partial charge in [0, 0.05) is 18.0 Å². The Balaban J connectivity index is 1.72. The van der Waals surface area contributed by atoms with Gasteiger partial charge in [0.1, 0.15) is 0 Å². The van der Waals surface area contributed by atoms with Crippen molar-refractivity contribution in [1.82, 2.24) is 4.90 Å². The topological polar surface area (TPSA) is 40.5 Å². The molecule has 1 saturated carbocycles. The van der Waals surface area contributed by atoms with E-state index in [-0.39, 0.29) is 5.92 Å². The summed E-state index contributed by atoms with van der Waals surface area (Å²) in [5, 5.41) is 11.1. The van der Waals surface area contributed by atoms with Crippen molar-refractivity contribution in [3.05, 3.63) is 22.4 Å². The summed E-state index contributed by atoms with van der Waals surface area (Å²) in [6.07, 6.45) is 3.83. The van der Waals surface area contributed by atoms with Crippen molar-refractivity contribution in [2.75, 3.05) is 13.6 Å². The first-order valence-electron chi connectivity index (χ1n) is 6.59. The van der Waals surface area contributed by atoms with E-state index in [1.807, 2.05) is 0 Å². The van der Waals surface area contributed by atoms with Gasteiger partial charge in [-0.2, -0.15) is 0 Å². The Bertz CT molecular complexity index is 369. The molecule has 0 spiro atoms. The van der Waals surface area contributed by atoms with Crippen molar-refractivity contribution in [2.24, 2.45) is 11.8 Å². The fourth-order valence-corrected chi connectivity index (χ4v) is 3.55. The number of nitrogens with zero attached hydrogens (tertiary/aromatic N) is 1. The number of thiophene rings is 1. The van der Waals surface area contributed by atoms with Crippen LogP contribution in [-0.2, 0) is 11.3 Å². The monoisotopic (exact) mass is 267 g/mol. The van der Waals surface area contributed by atoms with E-state index in [1.165, 1.54) is 4.88 Å². The summed E-state index contributed by atoms with van der Waals surface area (Å²) in [7, 11) is 2.16. The molecule has 0 radical (unpaired) electrons. The molecule has 2 rings (SSSR count). The van der Waals surface area contributed by atoms with Crippen molar-refractivity contribution in [2.45, 2.75) is 32.2 Å². The average molecular weight is 267 g/mol. The third-order valence-electron chi connectivity index (χ3n) is 3.77. The zero-order valence-electron chi connectivity index (χ0n) is 10.8. The van der Waals surface area contributed by atoms with Crippen molar-refractivity contribution in [1.29, 1.82) is 0 Å². The lowest BCUT2D eigenvalue weighted by molar-refractivity contribution is -0.143. The molecule has 18 heavy (non-hydrogen) atoms. The highest BCUT2D eigenvalue weighted by Gasteiger charge is 2.26. The van der Waals surface area contributed by atoms with Crippen LogP contribution in [0.3, 0.4) is 0 Å². The molecule has 1 heterocycles. The van der Waals surface area contributed by atoms with Gasteiger partial charge in [0.25, 0.3) is 0 Å². The summed E-state index contributed by atoms with van der Waals surface area (Å²) in [5.41, 5.74) is 0. The maximum Gasteiger partial charge on any atom is 0.306 e. The van der Waals surface area contributed by atoms with E-state index in [0.29, 0.717) is 5.92 Å². The normalized spacial score (nSPS) is 24.3. The minimum absolute atomic E-state index is 0.0937. The third-order valence-corrected chi connectivity index (χ3v) is 4.63. The first-order valence-corrected chi connectivity index (χ1v) is 7.47. The fraction of sp³-hybridized carbons (Fsp3) is 0.643. The van der Waals surface area contributed by atoms with E-state index in [2.05, 4.69) is 29.5 Å². The van der Waals surface area contributed by atoms with Gasteiger partial charge in [-0.05, 0) is 50.1 Å². The summed E-state index contributed by atoms with van der Waals surface area (Å²) in [6, 6.07) is 4.26. The van der Waals surface area contributed by atoms with E-state index in [9.17, 15) is 4.79 Å². The summed E-state index contributed by atoms with van der Waals surface area (Å²) in [6.45, 7) is 2.10. The Morgan fingerprint density at radius 3 is 2.72 bits per heavy atom. The van der Waals surface area contributed by atoms with Crippen LogP contribution in [0.25, 0.3) is 0 Å². The number of hydrogen-bond donors (Lipinski definition) is 1. The van der Waals surface area contributed by atoms with Gasteiger partial charge in [-0.15, -0.1) is 11.3 Å². The van der Waals surface area contributed by atoms with Crippen LogP contribution < -0.4 is 0 Å². The van der Waals surface area contributed by atoms with E-state index >= 15 is 0 Å². The average Bonchev–Trinajstić information content (AvgIpc) is 2.82. The van der Waals surface area contributed by atoms with E-state index in [0.717, 1.165) is 38.8 Å². The quantitative estimate of drug-likeness (QED) is 0.891. The predicted octanol–water partition coefficient (Wildman–Crippen LogP) is 3.07. The Kier molecular flexibility index (Phi) is 4.78.